The van der Waals surface area contributed by atoms with E-state index in [-0.39, 0.29) is 23.9 Å². The van der Waals surface area contributed by atoms with Crippen LogP contribution in [-0.2, 0) is 4.79 Å². The van der Waals surface area contributed by atoms with E-state index in [9.17, 15) is 14.0 Å². The fourth-order valence-electron chi connectivity index (χ4n) is 2.90. The van der Waals surface area contributed by atoms with E-state index < -0.39 is 23.2 Å². The maximum atomic E-state index is 14.2. The molecule has 0 bridgehead atoms. The van der Waals surface area contributed by atoms with Crippen LogP contribution in [0.1, 0.15) is 69.3 Å². The molecule has 7 nitrogen and oxygen atoms in total. The number of hydrogen-bond acceptors (Lipinski definition) is 4. The molecule has 0 aliphatic heterocycles. The first-order valence-electron chi connectivity index (χ1n) is 8.99. The maximum absolute atomic E-state index is 14.2. The molecular weight excluding hydrogens is 351 g/mol. The van der Waals surface area contributed by atoms with Crippen molar-refractivity contribution in [1.82, 2.24) is 20.1 Å². The molecule has 27 heavy (non-hydrogen) atoms. The number of hydrogen-bond donors (Lipinski definition) is 2. The third-order valence-corrected chi connectivity index (χ3v) is 4.65. The normalized spacial score (nSPS) is 11.6. The zero-order valence-electron chi connectivity index (χ0n) is 16.0. The van der Waals surface area contributed by atoms with Gasteiger partial charge in [-0.25, -0.2) is 14.1 Å². The Morgan fingerprint density at radius 2 is 1.89 bits per heavy atom. The van der Waals surface area contributed by atoms with Crippen LogP contribution in [0, 0.1) is 5.82 Å². The minimum absolute atomic E-state index is 0.0974. The van der Waals surface area contributed by atoms with E-state index in [1.54, 1.807) is 18.2 Å². The van der Waals surface area contributed by atoms with Crippen LogP contribution in [0.4, 0.5) is 4.39 Å². The lowest BCUT2D eigenvalue weighted by Crippen LogP contribution is -2.49. The highest BCUT2D eigenvalue weighted by Gasteiger charge is 2.33. The van der Waals surface area contributed by atoms with Crippen molar-refractivity contribution >= 4 is 11.9 Å². The molecule has 2 rings (SSSR count). The van der Waals surface area contributed by atoms with E-state index in [1.807, 2.05) is 27.7 Å². The van der Waals surface area contributed by atoms with Crippen molar-refractivity contribution in [2.75, 3.05) is 0 Å². The quantitative estimate of drug-likeness (QED) is 0.737. The van der Waals surface area contributed by atoms with Crippen molar-refractivity contribution in [3.05, 3.63) is 41.7 Å². The number of para-hydroxylation sites is 1. The highest BCUT2D eigenvalue weighted by molar-refractivity contribution is 5.91. The third kappa shape index (κ3) is 4.50. The number of benzene rings is 1. The van der Waals surface area contributed by atoms with Crippen molar-refractivity contribution in [3.63, 3.8) is 0 Å². The Labute approximate surface area is 157 Å². The van der Waals surface area contributed by atoms with Crippen LogP contribution in [0.15, 0.2) is 24.3 Å². The smallest absolute Gasteiger partial charge is 0.305 e. The fourth-order valence-corrected chi connectivity index (χ4v) is 2.90. The topological polar surface area (TPSA) is 97.1 Å². The van der Waals surface area contributed by atoms with Crippen LogP contribution in [0.5, 0.6) is 0 Å². The van der Waals surface area contributed by atoms with Gasteiger partial charge in [0, 0.05) is 5.92 Å². The lowest BCUT2D eigenvalue weighted by Gasteiger charge is -2.30. The van der Waals surface area contributed by atoms with Gasteiger partial charge in [0.2, 0.25) is 5.82 Å². The van der Waals surface area contributed by atoms with Crippen molar-refractivity contribution in [2.45, 2.75) is 58.4 Å². The summed E-state index contributed by atoms with van der Waals surface area (Å²) in [6.45, 7) is 7.38. The van der Waals surface area contributed by atoms with E-state index in [0.29, 0.717) is 18.7 Å². The number of rotatable bonds is 8. The van der Waals surface area contributed by atoms with Gasteiger partial charge in [-0.15, -0.1) is 5.10 Å². The average Bonchev–Trinajstić information content (AvgIpc) is 3.06. The van der Waals surface area contributed by atoms with Gasteiger partial charge < -0.3 is 10.4 Å². The molecule has 146 valence electrons. The molecule has 0 spiro atoms. The molecule has 1 aromatic carbocycles. The molecule has 1 amide bonds. The highest BCUT2D eigenvalue weighted by atomic mass is 19.1. The van der Waals surface area contributed by atoms with Gasteiger partial charge in [-0.2, -0.15) is 0 Å². The van der Waals surface area contributed by atoms with Crippen molar-refractivity contribution in [2.24, 2.45) is 0 Å². The van der Waals surface area contributed by atoms with Crippen LogP contribution >= 0.6 is 0 Å². The molecule has 1 aromatic heterocycles. The van der Waals surface area contributed by atoms with Crippen molar-refractivity contribution in [3.8, 4) is 5.69 Å². The number of aromatic nitrogens is 3. The van der Waals surface area contributed by atoms with Crippen LogP contribution in [0.25, 0.3) is 5.69 Å². The highest BCUT2D eigenvalue weighted by Crippen LogP contribution is 2.22. The number of aliphatic carboxylic acids is 1. The summed E-state index contributed by atoms with van der Waals surface area (Å²) < 4.78 is 15.5. The predicted octanol–water partition coefficient (Wildman–Crippen LogP) is 3.29. The minimum Gasteiger partial charge on any atom is -0.481 e. The molecule has 2 N–H and O–H groups in total. The lowest BCUT2D eigenvalue weighted by molar-refractivity contribution is -0.138. The monoisotopic (exact) mass is 376 g/mol. The molecule has 1 heterocycles. The summed E-state index contributed by atoms with van der Waals surface area (Å²) in [4.78, 5) is 28.2. The van der Waals surface area contributed by atoms with Gasteiger partial charge in [-0.05, 0) is 25.0 Å². The van der Waals surface area contributed by atoms with Crippen molar-refractivity contribution < 1.29 is 19.1 Å². The van der Waals surface area contributed by atoms with Gasteiger partial charge in [0.1, 0.15) is 17.3 Å². The fraction of sp³-hybridized carbons (Fsp3) is 0.474. The van der Waals surface area contributed by atoms with Gasteiger partial charge in [-0.3, -0.25) is 9.59 Å². The summed E-state index contributed by atoms with van der Waals surface area (Å²) in [7, 11) is 0. The number of amides is 1. The minimum atomic E-state index is -0.994. The second-order valence-electron chi connectivity index (χ2n) is 6.82. The number of nitrogens with one attached hydrogen (secondary N) is 1. The zero-order valence-corrected chi connectivity index (χ0v) is 16.0. The molecule has 2 aromatic rings. The number of carbonyl (C=O) groups excluding carboxylic acids is 1. The third-order valence-electron chi connectivity index (χ3n) is 4.65. The summed E-state index contributed by atoms with van der Waals surface area (Å²) in [5.74, 6) is -1.80. The molecule has 0 radical (unpaired) electrons. The summed E-state index contributed by atoms with van der Waals surface area (Å²) in [6, 6.07) is 6.12. The van der Waals surface area contributed by atoms with Gasteiger partial charge in [-0.1, -0.05) is 39.8 Å². The average molecular weight is 376 g/mol. The Morgan fingerprint density at radius 3 is 2.41 bits per heavy atom. The van der Waals surface area contributed by atoms with E-state index in [4.69, 9.17) is 5.11 Å². The van der Waals surface area contributed by atoms with E-state index in [2.05, 4.69) is 15.4 Å². The Balaban J connectivity index is 2.41. The van der Waals surface area contributed by atoms with Crippen LogP contribution in [-0.4, -0.2) is 37.3 Å². The molecule has 0 aliphatic carbocycles. The first kappa shape index (κ1) is 20.5. The Morgan fingerprint density at radius 1 is 1.26 bits per heavy atom. The second kappa shape index (κ2) is 8.28. The van der Waals surface area contributed by atoms with E-state index in [0.717, 1.165) is 0 Å². The second-order valence-corrected chi connectivity index (χ2v) is 6.82. The summed E-state index contributed by atoms with van der Waals surface area (Å²) in [5.41, 5.74) is -0.680. The predicted molar refractivity (Wildman–Crippen MR) is 98.4 cm³/mol. The maximum Gasteiger partial charge on any atom is 0.305 e. The number of carboxylic acid groups (broad SMARTS) is 1. The molecule has 0 unspecified atom stereocenters. The van der Waals surface area contributed by atoms with Crippen LogP contribution in [0.3, 0.4) is 0 Å². The molecular formula is C19H25FN4O3. The summed E-state index contributed by atoms with van der Waals surface area (Å²) in [5, 5.41) is 16.1. The molecule has 0 fully saturated rings. The Bertz CT molecular complexity index is 828. The Kier molecular flexibility index (Phi) is 6.30. The number of carboxylic acids is 1. The van der Waals surface area contributed by atoms with Gasteiger partial charge >= 0.3 is 5.97 Å². The molecule has 0 atom stereocenters. The molecule has 8 heteroatoms. The largest absolute Gasteiger partial charge is 0.481 e. The number of nitrogens with zero attached hydrogens (tertiary/aromatic N) is 3. The van der Waals surface area contributed by atoms with E-state index >= 15 is 0 Å². The van der Waals surface area contributed by atoms with E-state index in [1.165, 1.54) is 10.7 Å². The number of halogens is 1. The SMILES string of the molecule is CCC(CC)(CC(=O)O)NC(=O)c1nc(C(C)C)n(-c2ccccc2F)n1. The van der Waals surface area contributed by atoms with Crippen LogP contribution < -0.4 is 5.32 Å². The summed E-state index contributed by atoms with van der Waals surface area (Å²) >= 11 is 0. The summed E-state index contributed by atoms with van der Waals surface area (Å²) in [6.07, 6.45) is 0.704. The van der Waals surface area contributed by atoms with Gasteiger partial charge in [0.05, 0.1) is 12.0 Å². The Hall–Kier alpha value is -2.77. The standard InChI is InChI=1S/C19H25FN4O3/c1-5-19(6-2,11-15(25)26)22-18(27)16-21-17(12(3)4)24(23-16)14-10-8-7-9-13(14)20/h7-10,12H,5-6,11H2,1-4H3,(H,22,27)(H,25,26). The first-order valence-corrected chi connectivity index (χ1v) is 8.99. The molecule has 0 aliphatic rings. The lowest BCUT2D eigenvalue weighted by atomic mass is 9.89. The van der Waals surface area contributed by atoms with Gasteiger partial charge in [0.15, 0.2) is 0 Å². The van der Waals surface area contributed by atoms with Crippen molar-refractivity contribution in [1.29, 1.82) is 0 Å². The number of carbonyl (C=O) groups is 2. The van der Waals surface area contributed by atoms with Crippen LogP contribution in [0.2, 0.25) is 0 Å². The first-order chi connectivity index (χ1) is 12.7. The zero-order chi connectivity index (χ0) is 20.2. The molecule has 0 saturated carbocycles. The molecule has 0 saturated heterocycles. The van der Waals surface area contributed by atoms with Gasteiger partial charge in [0.25, 0.3) is 5.91 Å².